The monoisotopic (exact) mass is 372 g/mol. The second-order valence-corrected chi connectivity index (χ2v) is 8.00. The molecule has 3 nitrogen and oxygen atoms in total. The summed E-state index contributed by atoms with van der Waals surface area (Å²) in [5.41, 5.74) is 6.30. The maximum Gasteiger partial charge on any atom is 0.259 e. The van der Waals surface area contributed by atoms with Crippen molar-refractivity contribution in [3.8, 4) is 5.69 Å². The Balaban J connectivity index is 1.63. The van der Waals surface area contributed by atoms with Gasteiger partial charge in [-0.2, -0.15) is 4.57 Å². The van der Waals surface area contributed by atoms with E-state index in [0.29, 0.717) is 0 Å². The van der Waals surface area contributed by atoms with Gasteiger partial charge in [0.2, 0.25) is 0 Å². The van der Waals surface area contributed by atoms with Gasteiger partial charge in [0.15, 0.2) is 11.0 Å². The number of aromatic nitrogens is 2. The molecule has 0 saturated heterocycles. The van der Waals surface area contributed by atoms with Gasteiger partial charge in [-0.05, 0) is 48.9 Å². The van der Waals surface area contributed by atoms with Crippen molar-refractivity contribution < 1.29 is 4.57 Å². The molecule has 3 aromatic carbocycles. The summed E-state index contributed by atoms with van der Waals surface area (Å²) < 4.78 is 4.76. The van der Waals surface area contributed by atoms with Gasteiger partial charge >= 0.3 is 0 Å². The van der Waals surface area contributed by atoms with Crippen molar-refractivity contribution in [2.75, 3.05) is 5.32 Å². The molecule has 134 valence electrons. The van der Waals surface area contributed by atoms with Crippen LogP contribution in [0.1, 0.15) is 23.7 Å². The van der Waals surface area contributed by atoms with E-state index in [1.54, 1.807) is 0 Å². The summed E-state index contributed by atoms with van der Waals surface area (Å²) in [4.78, 5) is 1.32. The third-order valence-corrected chi connectivity index (χ3v) is 6.53. The fraction of sp³-hybridized carbons (Fsp3) is 0.174. The molecule has 1 atom stereocenters. The molecule has 27 heavy (non-hydrogen) atoms. The highest BCUT2D eigenvalue weighted by molar-refractivity contribution is 8.00. The average molecular weight is 373 g/mol. The number of thioether (sulfide) groups is 1. The molecule has 0 saturated carbocycles. The lowest BCUT2D eigenvalue weighted by Crippen LogP contribution is -2.35. The van der Waals surface area contributed by atoms with E-state index >= 15 is 0 Å². The second kappa shape index (κ2) is 6.46. The van der Waals surface area contributed by atoms with E-state index in [2.05, 4.69) is 101 Å². The van der Waals surface area contributed by atoms with E-state index in [0.717, 1.165) is 6.54 Å². The molecule has 5 rings (SSSR count). The van der Waals surface area contributed by atoms with E-state index in [1.165, 1.54) is 38.7 Å². The molecular formula is C23H22N3S+. The fourth-order valence-corrected chi connectivity index (χ4v) is 5.15. The molecule has 0 unspecified atom stereocenters. The molecule has 1 aromatic heterocycles. The quantitative estimate of drug-likeness (QED) is 0.482. The van der Waals surface area contributed by atoms with Gasteiger partial charge in [0.1, 0.15) is 11.1 Å². The van der Waals surface area contributed by atoms with Crippen molar-refractivity contribution in [1.29, 1.82) is 0 Å². The molecule has 2 heterocycles. The van der Waals surface area contributed by atoms with Crippen molar-refractivity contribution in [3.63, 3.8) is 0 Å². The van der Waals surface area contributed by atoms with Crippen LogP contribution in [0, 0.1) is 6.92 Å². The third kappa shape index (κ3) is 2.63. The Hall–Kier alpha value is -2.72. The molecule has 1 N–H and O–H groups in total. The zero-order valence-corrected chi connectivity index (χ0v) is 16.3. The van der Waals surface area contributed by atoms with Gasteiger partial charge in [0, 0.05) is 17.5 Å². The summed E-state index contributed by atoms with van der Waals surface area (Å²) in [5.74, 6) is 1.26. The van der Waals surface area contributed by atoms with E-state index in [1.807, 2.05) is 11.8 Å². The van der Waals surface area contributed by atoms with Crippen LogP contribution in [0.3, 0.4) is 0 Å². The molecule has 4 aromatic rings. The predicted octanol–water partition coefficient (Wildman–Crippen LogP) is 5.46. The lowest BCUT2D eigenvalue weighted by atomic mass is 10.2. The molecule has 1 aliphatic heterocycles. The Kier molecular flexibility index (Phi) is 3.94. The number of hydrogen-bond acceptors (Lipinski definition) is 2. The van der Waals surface area contributed by atoms with Crippen LogP contribution in [-0.4, -0.2) is 4.57 Å². The number of nitrogens with zero attached hydrogens (tertiary/aromatic N) is 2. The van der Waals surface area contributed by atoms with Crippen molar-refractivity contribution in [2.45, 2.75) is 30.7 Å². The Bertz CT molecular complexity index is 1110. The molecule has 0 aliphatic carbocycles. The van der Waals surface area contributed by atoms with Crippen molar-refractivity contribution in [3.05, 3.63) is 84.2 Å². The van der Waals surface area contributed by atoms with Crippen LogP contribution in [-0.2, 0) is 6.54 Å². The first-order valence-electron chi connectivity index (χ1n) is 9.38. The van der Waals surface area contributed by atoms with Crippen LogP contribution in [0.5, 0.6) is 0 Å². The molecular weight excluding hydrogens is 350 g/mol. The molecule has 1 aliphatic rings. The van der Waals surface area contributed by atoms with E-state index in [-0.39, 0.29) is 5.37 Å². The first kappa shape index (κ1) is 16.5. The van der Waals surface area contributed by atoms with E-state index in [9.17, 15) is 0 Å². The van der Waals surface area contributed by atoms with E-state index < -0.39 is 0 Å². The highest BCUT2D eigenvalue weighted by atomic mass is 32.2. The summed E-state index contributed by atoms with van der Waals surface area (Å²) in [7, 11) is 0. The van der Waals surface area contributed by atoms with Gasteiger partial charge in [-0.1, -0.05) is 48.2 Å². The number of para-hydroxylation sites is 2. The van der Waals surface area contributed by atoms with Gasteiger partial charge in [-0.25, -0.2) is 4.57 Å². The predicted molar refractivity (Wildman–Crippen MR) is 113 cm³/mol. The van der Waals surface area contributed by atoms with Gasteiger partial charge in [0.05, 0.1) is 6.54 Å². The Morgan fingerprint density at radius 1 is 1.00 bits per heavy atom. The number of aryl methyl sites for hydroxylation is 1. The highest BCUT2D eigenvalue weighted by Gasteiger charge is 2.26. The normalized spacial score (nSPS) is 15.7. The van der Waals surface area contributed by atoms with Crippen molar-refractivity contribution >= 4 is 28.5 Å². The standard InChI is InChI=1S/C23H22N3S/c1-3-25-16(2)26(18-9-5-4-6-10-18)20-14-13-17(15-21(20)25)23-24-19-11-7-8-12-22(19)27-23/h4-15,23-24H,3H2,1-2H3/q+1/t23-/m1/s1. The summed E-state index contributed by atoms with van der Waals surface area (Å²) >= 11 is 1.89. The minimum atomic E-state index is 0.262. The maximum atomic E-state index is 3.65. The number of fused-ring (bicyclic) bond motifs is 2. The topological polar surface area (TPSA) is 20.8 Å². The van der Waals surface area contributed by atoms with Crippen LogP contribution in [0.25, 0.3) is 16.7 Å². The molecule has 0 amide bonds. The zero-order chi connectivity index (χ0) is 18.4. The van der Waals surface area contributed by atoms with Gasteiger partial charge in [-0.3, -0.25) is 0 Å². The number of nitrogens with one attached hydrogen (secondary N) is 1. The number of imidazole rings is 1. The fourth-order valence-electron chi connectivity index (χ4n) is 4.02. The SMILES string of the molecule is CC[n+]1c(C)n(-c2ccccc2)c2ccc([C@@H]3Nc4ccccc4S3)cc21. The minimum absolute atomic E-state index is 0.262. The molecule has 0 bridgehead atoms. The molecule has 0 spiro atoms. The van der Waals surface area contributed by atoms with Gasteiger partial charge in [-0.15, -0.1) is 0 Å². The van der Waals surface area contributed by atoms with Crippen molar-refractivity contribution in [1.82, 2.24) is 4.57 Å². The lowest BCUT2D eigenvalue weighted by Gasteiger charge is -2.10. The number of hydrogen-bond donors (Lipinski definition) is 1. The summed E-state index contributed by atoms with van der Waals surface area (Å²) in [6, 6.07) is 26.0. The molecule has 0 fully saturated rings. The number of rotatable bonds is 3. The summed E-state index contributed by atoms with van der Waals surface area (Å²) in [6.45, 7) is 5.37. The van der Waals surface area contributed by atoms with Crippen molar-refractivity contribution in [2.24, 2.45) is 0 Å². The zero-order valence-electron chi connectivity index (χ0n) is 15.5. The number of anilines is 1. The van der Waals surface area contributed by atoms with Crippen LogP contribution >= 0.6 is 11.8 Å². The van der Waals surface area contributed by atoms with E-state index in [4.69, 9.17) is 0 Å². The molecule has 0 radical (unpaired) electrons. The third-order valence-electron chi connectivity index (χ3n) is 5.30. The van der Waals surface area contributed by atoms with Crippen LogP contribution in [0.4, 0.5) is 5.69 Å². The van der Waals surface area contributed by atoms with Crippen LogP contribution < -0.4 is 9.88 Å². The van der Waals surface area contributed by atoms with Gasteiger partial charge in [0.25, 0.3) is 5.82 Å². The Labute approximate surface area is 163 Å². The lowest BCUT2D eigenvalue weighted by molar-refractivity contribution is -0.674. The average Bonchev–Trinajstić information content (AvgIpc) is 3.26. The van der Waals surface area contributed by atoms with Crippen LogP contribution in [0.15, 0.2) is 77.7 Å². The summed E-state index contributed by atoms with van der Waals surface area (Å²) in [5, 5.41) is 3.91. The largest absolute Gasteiger partial charge is 0.368 e. The van der Waals surface area contributed by atoms with Gasteiger partial charge < -0.3 is 5.32 Å². The Morgan fingerprint density at radius 2 is 1.78 bits per heavy atom. The first-order valence-corrected chi connectivity index (χ1v) is 10.3. The maximum absolute atomic E-state index is 3.65. The molecule has 4 heteroatoms. The highest BCUT2D eigenvalue weighted by Crippen LogP contribution is 2.46. The minimum Gasteiger partial charge on any atom is -0.368 e. The second-order valence-electron chi connectivity index (χ2n) is 6.85. The Morgan fingerprint density at radius 3 is 2.56 bits per heavy atom. The smallest absolute Gasteiger partial charge is 0.259 e. The van der Waals surface area contributed by atoms with Crippen LogP contribution in [0.2, 0.25) is 0 Å². The summed E-state index contributed by atoms with van der Waals surface area (Å²) in [6.07, 6.45) is 0. The first-order chi connectivity index (χ1) is 13.3. The number of benzene rings is 3.